The largest absolute Gasteiger partial charge is 0.223 e. The van der Waals surface area contributed by atoms with Crippen molar-refractivity contribution in [2.24, 2.45) is 0 Å². The first kappa shape index (κ1) is 12.2. The Morgan fingerprint density at radius 1 is 1.00 bits per heavy atom. The van der Waals surface area contributed by atoms with E-state index in [0.29, 0.717) is 16.5 Å². The Labute approximate surface area is 126 Å². The van der Waals surface area contributed by atoms with Crippen LogP contribution in [0.3, 0.4) is 0 Å². The van der Waals surface area contributed by atoms with E-state index < -0.39 is 0 Å². The van der Waals surface area contributed by atoms with Crippen molar-refractivity contribution in [3.63, 3.8) is 0 Å². The van der Waals surface area contributed by atoms with Gasteiger partial charge in [0, 0.05) is 16.7 Å². The summed E-state index contributed by atoms with van der Waals surface area (Å²) in [5.74, 6) is 0.308. The molecule has 2 aromatic rings. The summed E-state index contributed by atoms with van der Waals surface area (Å²) < 4.78 is 0. The maximum Gasteiger partial charge on any atom is 0.223 e. The zero-order chi connectivity index (χ0) is 13.5. The fourth-order valence-electron chi connectivity index (χ4n) is 2.66. The van der Waals surface area contributed by atoms with Crippen molar-refractivity contribution < 1.29 is 0 Å². The third kappa shape index (κ3) is 1.89. The van der Waals surface area contributed by atoms with Gasteiger partial charge in [-0.05, 0) is 11.6 Å². The van der Waals surface area contributed by atoms with Gasteiger partial charge in [-0.3, -0.25) is 0 Å². The van der Waals surface area contributed by atoms with Crippen molar-refractivity contribution in [1.29, 1.82) is 0 Å². The molecule has 2 nitrogen and oxygen atoms in total. The molecule has 0 spiro atoms. The molecule has 2 heterocycles. The first-order valence-corrected chi connectivity index (χ1v) is 7.73. The highest BCUT2D eigenvalue weighted by atomic mass is 35.5. The third-order valence-corrected chi connectivity index (χ3v) is 5.10. The van der Waals surface area contributed by atoms with Gasteiger partial charge in [0.05, 0.1) is 16.3 Å². The van der Waals surface area contributed by atoms with Crippen LogP contribution < -0.4 is 0 Å². The van der Waals surface area contributed by atoms with E-state index in [-0.39, 0.29) is 0 Å². The molecule has 1 aliphatic carbocycles. The van der Waals surface area contributed by atoms with E-state index in [1.807, 2.05) is 30.0 Å². The van der Waals surface area contributed by atoms with Gasteiger partial charge in [-0.15, -0.1) is 11.8 Å². The molecule has 0 saturated heterocycles. The van der Waals surface area contributed by atoms with E-state index in [2.05, 4.69) is 46.4 Å². The number of fused-ring (bicyclic) bond motifs is 3. The molecule has 20 heavy (non-hydrogen) atoms. The van der Waals surface area contributed by atoms with Crippen LogP contribution in [0.5, 0.6) is 0 Å². The van der Waals surface area contributed by atoms with E-state index in [9.17, 15) is 0 Å². The number of nitrogens with zero attached hydrogens (tertiary/aromatic N) is 2. The van der Waals surface area contributed by atoms with Crippen LogP contribution in [0.15, 0.2) is 59.5 Å². The first-order chi connectivity index (χ1) is 9.83. The highest BCUT2D eigenvalue weighted by molar-refractivity contribution is 8.00. The summed E-state index contributed by atoms with van der Waals surface area (Å²) in [7, 11) is 0. The molecule has 2 unspecified atom stereocenters. The summed E-state index contributed by atoms with van der Waals surface area (Å²) in [6.45, 7) is 0. The number of halogens is 1. The molecule has 0 fully saturated rings. The number of thioether (sulfide) groups is 1. The minimum absolute atomic E-state index is 0.308. The van der Waals surface area contributed by atoms with Crippen LogP contribution >= 0.6 is 23.4 Å². The van der Waals surface area contributed by atoms with E-state index >= 15 is 0 Å². The molecule has 4 rings (SSSR count). The van der Waals surface area contributed by atoms with Gasteiger partial charge in [-0.1, -0.05) is 54.6 Å². The molecule has 0 saturated carbocycles. The monoisotopic (exact) mass is 298 g/mol. The lowest BCUT2D eigenvalue weighted by Gasteiger charge is -2.13. The lowest BCUT2D eigenvalue weighted by molar-refractivity contribution is 0.826. The summed E-state index contributed by atoms with van der Waals surface area (Å²) >= 11 is 7.96. The van der Waals surface area contributed by atoms with Crippen LogP contribution in [0.4, 0.5) is 0 Å². The van der Waals surface area contributed by atoms with Crippen molar-refractivity contribution in [2.75, 3.05) is 0 Å². The zero-order valence-corrected chi connectivity index (χ0v) is 12.1. The van der Waals surface area contributed by atoms with Crippen molar-refractivity contribution in [1.82, 2.24) is 9.97 Å². The topological polar surface area (TPSA) is 25.8 Å². The van der Waals surface area contributed by atoms with Crippen molar-refractivity contribution in [3.8, 4) is 11.3 Å². The average molecular weight is 299 g/mol. The minimum atomic E-state index is 0.308. The Bertz CT molecular complexity index is 725. The van der Waals surface area contributed by atoms with Crippen LogP contribution in [0.1, 0.15) is 11.6 Å². The average Bonchev–Trinajstić information content (AvgIpc) is 2.86. The molecule has 0 amide bonds. The molecule has 2 aliphatic rings. The van der Waals surface area contributed by atoms with Gasteiger partial charge in [-0.25, -0.2) is 9.97 Å². The van der Waals surface area contributed by atoms with Crippen LogP contribution in [0.2, 0.25) is 5.28 Å². The Hall–Kier alpha value is -1.58. The van der Waals surface area contributed by atoms with Crippen molar-refractivity contribution in [2.45, 2.75) is 16.1 Å². The van der Waals surface area contributed by atoms with Gasteiger partial charge in [0.2, 0.25) is 5.28 Å². The van der Waals surface area contributed by atoms with Gasteiger partial charge >= 0.3 is 0 Å². The number of hydrogen-bond acceptors (Lipinski definition) is 3. The highest BCUT2D eigenvalue weighted by Crippen LogP contribution is 2.50. The quantitative estimate of drug-likeness (QED) is 0.726. The van der Waals surface area contributed by atoms with Crippen LogP contribution in [-0.2, 0) is 0 Å². The van der Waals surface area contributed by atoms with E-state index in [1.54, 1.807) is 0 Å². The minimum Gasteiger partial charge on any atom is -0.221 e. The van der Waals surface area contributed by atoms with Crippen molar-refractivity contribution >= 4 is 23.4 Å². The Balaban J connectivity index is 1.92. The van der Waals surface area contributed by atoms with Gasteiger partial charge in [0.1, 0.15) is 0 Å². The molecule has 98 valence electrons. The molecule has 1 aromatic carbocycles. The maximum absolute atomic E-state index is 6.14. The van der Waals surface area contributed by atoms with Gasteiger partial charge in [-0.2, -0.15) is 0 Å². The summed E-state index contributed by atoms with van der Waals surface area (Å²) in [4.78, 5) is 10.1. The number of hydrogen-bond donors (Lipinski definition) is 0. The fraction of sp³-hybridized carbons (Fsp3) is 0.125. The zero-order valence-electron chi connectivity index (χ0n) is 10.5. The lowest BCUT2D eigenvalue weighted by Crippen LogP contribution is -2.08. The number of aromatic nitrogens is 2. The normalized spacial score (nSPS) is 22.6. The molecule has 0 N–H and O–H groups in total. The van der Waals surface area contributed by atoms with Crippen LogP contribution in [0.25, 0.3) is 11.3 Å². The van der Waals surface area contributed by atoms with Gasteiger partial charge in [0.15, 0.2) is 0 Å². The van der Waals surface area contributed by atoms with E-state index in [0.717, 1.165) is 21.8 Å². The first-order valence-electron chi connectivity index (χ1n) is 6.47. The predicted molar refractivity (Wildman–Crippen MR) is 83.1 cm³/mol. The van der Waals surface area contributed by atoms with Crippen LogP contribution in [0, 0.1) is 0 Å². The third-order valence-electron chi connectivity index (χ3n) is 3.57. The fourth-order valence-corrected chi connectivity index (χ4v) is 4.22. The van der Waals surface area contributed by atoms with Gasteiger partial charge < -0.3 is 0 Å². The van der Waals surface area contributed by atoms with Gasteiger partial charge in [0.25, 0.3) is 0 Å². The summed E-state index contributed by atoms with van der Waals surface area (Å²) in [5, 5.41) is 0.733. The summed E-state index contributed by atoms with van der Waals surface area (Å²) in [6, 6.07) is 10.2. The van der Waals surface area contributed by atoms with Crippen LogP contribution in [-0.4, -0.2) is 15.2 Å². The standard InChI is InChI=1S/C16H11ClN2S/c17-16-18-13(10-6-2-1-3-7-10)15-14(19-16)11-8-4-5-9-12(11)20-15/h1-9,11-12H. The maximum atomic E-state index is 6.14. The molecule has 1 aromatic heterocycles. The molecule has 1 aliphatic heterocycles. The Morgan fingerprint density at radius 2 is 1.80 bits per heavy atom. The Kier molecular flexibility index (Phi) is 2.90. The molecule has 0 radical (unpaired) electrons. The summed E-state index contributed by atoms with van der Waals surface area (Å²) in [6.07, 6.45) is 8.59. The predicted octanol–water partition coefficient (Wildman–Crippen LogP) is 4.48. The molecule has 4 heteroatoms. The number of benzene rings is 1. The van der Waals surface area contributed by atoms with Crippen molar-refractivity contribution in [3.05, 3.63) is 65.6 Å². The molecular weight excluding hydrogens is 288 g/mol. The van der Waals surface area contributed by atoms with E-state index in [4.69, 9.17) is 11.6 Å². The van der Waals surface area contributed by atoms with E-state index in [1.165, 1.54) is 0 Å². The highest BCUT2D eigenvalue weighted by Gasteiger charge is 2.35. The smallest absolute Gasteiger partial charge is 0.221 e. The molecular formula is C16H11ClN2S. The second kappa shape index (κ2) is 4.76. The molecule has 2 atom stereocenters. The number of allylic oxidation sites excluding steroid dienone is 3. The Morgan fingerprint density at radius 3 is 2.65 bits per heavy atom. The second-order valence-electron chi connectivity index (χ2n) is 4.80. The lowest BCUT2D eigenvalue weighted by atomic mass is 9.96. The summed E-state index contributed by atoms with van der Waals surface area (Å²) in [5.41, 5.74) is 3.09. The second-order valence-corrected chi connectivity index (χ2v) is 6.33. The SMILES string of the molecule is Clc1nc(-c2ccccc2)c2c(n1)C1C=CC=CC1S2. The molecule has 0 bridgehead atoms. The number of rotatable bonds is 1.